The molecule has 1 fully saturated rings. The maximum absolute atomic E-state index is 12.2. The average Bonchev–Trinajstić information content (AvgIpc) is 2.97. The van der Waals surface area contributed by atoms with Crippen LogP contribution in [0, 0.1) is 0 Å². The topological polar surface area (TPSA) is 32.3 Å². The standard InChI is InChI=1S/C18H21ClN2OS/c19-17-7-3-2-6-14(17)10-18(22)20-15-11-16(23-13-15)12-21-8-4-1-5-9-21/h2-3,6-7,11,13H,1,4-5,8-10,12H2,(H,20,22). The van der Waals surface area contributed by atoms with Gasteiger partial charge >= 0.3 is 0 Å². The van der Waals surface area contributed by atoms with E-state index in [-0.39, 0.29) is 5.91 Å². The number of thiophene rings is 1. The highest BCUT2D eigenvalue weighted by Gasteiger charge is 2.13. The molecule has 3 nitrogen and oxygen atoms in total. The molecule has 1 N–H and O–H groups in total. The van der Waals surface area contributed by atoms with Gasteiger partial charge in [-0.05, 0) is 43.6 Å². The van der Waals surface area contributed by atoms with Gasteiger partial charge in [0.15, 0.2) is 0 Å². The van der Waals surface area contributed by atoms with Crippen molar-refractivity contribution >= 4 is 34.5 Å². The van der Waals surface area contributed by atoms with Gasteiger partial charge in [-0.3, -0.25) is 9.69 Å². The molecule has 0 radical (unpaired) electrons. The Morgan fingerprint density at radius 3 is 2.78 bits per heavy atom. The Bertz CT molecular complexity index is 665. The molecule has 0 unspecified atom stereocenters. The van der Waals surface area contributed by atoms with Crippen LogP contribution in [0.25, 0.3) is 0 Å². The average molecular weight is 349 g/mol. The summed E-state index contributed by atoms with van der Waals surface area (Å²) in [6, 6.07) is 9.55. The first kappa shape index (κ1) is 16.5. The minimum Gasteiger partial charge on any atom is -0.325 e. The van der Waals surface area contributed by atoms with Crippen LogP contribution in [-0.2, 0) is 17.8 Å². The lowest BCUT2D eigenvalue weighted by Gasteiger charge is -2.25. The Morgan fingerprint density at radius 2 is 2.00 bits per heavy atom. The van der Waals surface area contributed by atoms with Gasteiger partial charge in [0.2, 0.25) is 5.91 Å². The van der Waals surface area contributed by atoms with E-state index in [0.717, 1.165) is 17.8 Å². The summed E-state index contributed by atoms with van der Waals surface area (Å²) in [4.78, 5) is 16.0. The van der Waals surface area contributed by atoms with Gasteiger partial charge in [0.05, 0.1) is 12.1 Å². The number of hydrogen-bond acceptors (Lipinski definition) is 3. The number of anilines is 1. The quantitative estimate of drug-likeness (QED) is 0.858. The predicted octanol–water partition coefficient (Wildman–Crippen LogP) is 4.57. The molecule has 122 valence electrons. The van der Waals surface area contributed by atoms with E-state index in [1.165, 1.54) is 37.2 Å². The van der Waals surface area contributed by atoms with E-state index in [0.29, 0.717) is 11.4 Å². The predicted molar refractivity (Wildman–Crippen MR) is 97.2 cm³/mol. The van der Waals surface area contributed by atoms with Crippen LogP contribution in [0.4, 0.5) is 5.69 Å². The third-order valence-corrected chi connectivity index (χ3v) is 5.36. The van der Waals surface area contributed by atoms with Crippen molar-refractivity contribution in [2.75, 3.05) is 18.4 Å². The fourth-order valence-electron chi connectivity index (χ4n) is 2.89. The number of carbonyl (C=O) groups is 1. The molecule has 1 amide bonds. The second-order valence-electron chi connectivity index (χ2n) is 5.95. The van der Waals surface area contributed by atoms with Crippen LogP contribution in [0.3, 0.4) is 0 Å². The number of likely N-dealkylation sites (tertiary alicyclic amines) is 1. The number of piperidine rings is 1. The van der Waals surface area contributed by atoms with Crippen LogP contribution in [0.2, 0.25) is 5.02 Å². The Labute approximate surface area is 146 Å². The minimum absolute atomic E-state index is 0.0274. The summed E-state index contributed by atoms with van der Waals surface area (Å²) in [5, 5.41) is 5.62. The number of carbonyl (C=O) groups excluding carboxylic acids is 1. The lowest BCUT2D eigenvalue weighted by atomic mass is 10.1. The second kappa shape index (κ2) is 7.95. The van der Waals surface area contributed by atoms with E-state index in [1.54, 1.807) is 11.3 Å². The molecule has 1 aliphatic heterocycles. The molecule has 0 spiro atoms. The first-order valence-electron chi connectivity index (χ1n) is 8.04. The molecule has 2 aromatic rings. The van der Waals surface area contributed by atoms with Crippen molar-refractivity contribution in [2.24, 2.45) is 0 Å². The lowest BCUT2D eigenvalue weighted by molar-refractivity contribution is -0.115. The summed E-state index contributed by atoms with van der Waals surface area (Å²) < 4.78 is 0. The van der Waals surface area contributed by atoms with Gasteiger partial charge in [0, 0.05) is 21.8 Å². The monoisotopic (exact) mass is 348 g/mol. The Kier molecular flexibility index (Phi) is 5.70. The van der Waals surface area contributed by atoms with Gasteiger partial charge in [-0.15, -0.1) is 11.3 Å². The fourth-order valence-corrected chi connectivity index (χ4v) is 3.95. The number of halogens is 1. The van der Waals surface area contributed by atoms with Gasteiger partial charge < -0.3 is 5.32 Å². The molecule has 1 aromatic heterocycles. The molecule has 1 saturated heterocycles. The molecular formula is C18H21ClN2OS. The normalized spacial score (nSPS) is 15.5. The Hall–Kier alpha value is -1.36. The molecule has 5 heteroatoms. The van der Waals surface area contributed by atoms with E-state index in [2.05, 4.69) is 16.3 Å². The van der Waals surface area contributed by atoms with Gasteiger partial charge in [-0.1, -0.05) is 36.2 Å². The molecule has 1 aromatic carbocycles. The summed E-state index contributed by atoms with van der Waals surface area (Å²) in [5.74, 6) is -0.0274. The van der Waals surface area contributed by atoms with Crippen molar-refractivity contribution in [1.82, 2.24) is 4.90 Å². The highest BCUT2D eigenvalue weighted by molar-refractivity contribution is 7.10. The SMILES string of the molecule is O=C(Cc1ccccc1Cl)Nc1csc(CN2CCCCC2)c1. The zero-order valence-corrected chi connectivity index (χ0v) is 14.6. The first-order valence-corrected chi connectivity index (χ1v) is 9.29. The van der Waals surface area contributed by atoms with Crippen molar-refractivity contribution in [3.8, 4) is 0 Å². The molecular weight excluding hydrogens is 328 g/mol. The summed E-state index contributed by atoms with van der Waals surface area (Å²) in [6.45, 7) is 3.36. The third-order valence-electron chi connectivity index (χ3n) is 4.07. The molecule has 0 bridgehead atoms. The highest BCUT2D eigenvalue weighted by atomic mass is 35.5. The molecule has 23 heavy (non-hydrogen) atoms. The zero-order valence-electron chi connectivity index (χ0n) is 13.1. The van der Waals surface area contributed by atoms with Crippen molar-refractivity contribution in [3.05, 3.63) is 51.2 Å². The van der Waals surface area contributed by atoms with Gasteiger partial charge in [0.1, 0.15) is 0 Å². The summed E-state index contributed by atoms with van der Waals surface area (Å²) in [7, 11) is 0. The van der Waals surface area contributed by atoms with Crippen LogP contribution in [0.1, 0.15) is 29.7 Å². The number of rotatable bonds is 5. The van der Waals surface area contributed by atoms with Crippen molar-refractivity contribution in [3.63, 3.8) is 0 Å². The maximum atomic E-state index is 12.2. The summed E-state index contributed by atoms with van der Waals surface area (Å²) in [6.07, 6.45) is 4.25. The molecule has 0 atom stereocenters. The smallest absolute Gasteiger partial charge is 0.228 e. The number of benzene rings is 1. The van der Waals surface area contributed by atoms with E-state index in [1.807, 2.05) is 29.6 Å². The first-order chi connectivity index (χ1) is 11.2. The Balaban J connectivity index is 1.54. The second-order valence-corrected chi connectivity index (χ2v) is 7.36. The zero-order chi connectivity index (χ0) is 16.1. The number of hydrogen-bond donors (Lipinski definition) is 1. The van der Waals surface area contributed by atoms with Gasteiger partial charge in [-0.25, -0.2) is 0 Å². The largest absolute Gasteiger partial charge is 0.325 e. The number of amides is 1. The van der Waals surface area contributed by atoms with Crippen LogP contribution >= 0.6 is 22.9 Å². The van der Waals surface area contributed by atoms with Crippen LogP contribution in [0.15, 0.2) is 35.7 Å². The van der Waals surface area contributed by atoms with E-state index in [4.69, 9.17) is 11.6 Å². The van der Waals surface area contributed by atoms with Crippen molar-refractivity contribution < 1.29 is 4.79 Å². The van der Waals surface area contributed by atoms with E-state index >= 15 is 0 Å². The van der Waals surface area contributed by atoms with Crippen LogP contribution in [-0.4, -0.2) is 23.9 Å². The Morgan fingerprint density at radius 1 is 1.22 bits per heavy atom. The molecule has 1 aliphatic rings. The van der Waals surface area contributed by atoms with Crippen LogP contribution in [0.5, 0.6) is 0 Å². The number of nitrogens with one attached hydrogen (secondary N) is 1. The fraction of sp³-hybridized carbons (Fsp3) is 0.389. The summed E-state index contributed by atoms with van der Waals surface area (Å²) in [5.41, 5.74) is 1.74. The summed E-state index contributed by atoms with van der Waals surface area (Å²) >= 11 is 7.81. The lowest BCUT2D eigenvalue weighted by Crippen LogP contribution is -2.28. The van der Waals surface area contributed by atoms with Gasteiger partial charge in [-0.2, -0.15) is 0 Å². The van der Waals surface area contributed by atoms with Crippen molar-refractivity contribution in [2.45, 2.75) is 32.2 Å². The van der Waals surface area contributed by atoms with E-state index in [9.17, 15) is 4.79 Å². The number of nitrogens with zero attached hydrogens (tertiary/aromatic N) is 1. The molecule has 0 saturated carbocycles. The van der Waals surface area contributed by atoms with Crippen molar-refractivity contribution in [1.29, 1.82) is 0 Å². The molecule has 2 heterocycles. The highest BCUT2D eigenvalue weighted by Crippen LogP contribution is 2.23. The minimum atomic E-state index is -0.0274. The third kappa shape index (κ3) is 4.80. The molecule has 3 rings (SSSR count). The van der Waals surface area contributed by atoms with Crippen LogP contribution < -0.4 is 5.32 Å². The van der Waals surface area contributed by atoms with E-state index < -0.39 is 0 Å². The van der Waals surface area contributed by atoms with Gasteiger partial charge in [0.25, 0.3) is 0 Å². The maximum Gasteiger partial charge on any atom is 0.228 e. The molecule has 0 aliphatic carbocycles.